The fourth-order valence-corrected chi connectivity index (χ4v) is 13.9. The van der Waals surface area contributed by atoms with Crippen LogP contribution < -0.4 is 0 Å². The predicted octanol–water partition coefficient (Wildman–Crippen LogP) is 9.88. The van der Waals surface area contributed by atoms with Crippen LogP contribution in [0.4, 0.5) is 0 Å². The average Bonchev–Trinajstić information content (AvgIpc) is 3.36. The van der Waals surface area contributed by atoms with Gasteiger partial charge in [-0.05, 0) is 128 Å². The van der Waals surface area contributed by atoms with Crippen molar-refractivity contribution < 1.29 is 38.9 Å². The van der Waals surface area contributed by atoms with Gasteiger partial charge in [0.15, 0.2) is 0 Å². The SMILES string of the molecule is C=C(C)[C@@H]1CC[C@]2(COC(=O)CC(C)(C)CC(=O)O)CC[C@]3(C)[C@H](CC[C@@H]4[C@@]5(C)CC[C@@H](OC(=O)CC(C)(C)CC(=O)O)C(C)(C)[C@@H]5CC[C@]43C)[C@@H]12. The number of carbonyl (C=O) groups is 4. The van der Waals surface area contributed by atoms with Crippen molar-refractivity contribution in [3.05, 3.63) is 12.2 Å². The molecule has 5 rings (SSSR count). The minimum absolute atomic E-state index is 0.0654. The van der Waals surface area contributed by atoms with E-state index in [0.29, 0.717) is 36.2 Å². The summed E-state index contributed by atoms with van der Waals surface area (Å²) >= 11 is 0. The zero-order valence-corrected chi connectivity index (χ0v) is 34.1. The van der Waals surface area contributed by atoms with Gasteiger partial charge in [0.05, 0.1) is 32.3 Å². The van der Waals surface area contributed by atoms with Gasteiger partial charge in [0.25, 0.3) is 0 Å². The normalized spacial score (nSPS) is 39.6. The lowest BCUT2D eigenvalue weighted by Crippen LogP contribution is -2.67. The Labute approximate surface area is 313 Å². The Morgan fingerprint density at radius 1 is 0.692 bits per heavy atom. The number of aliphatic carboxylic acids is 2. The maximum Gasteiger partial charge on any atom is 0.306 e. The van der Waals surface area contributed by atoms with Crippen molar-refractivity contribution in [1.82, 2.24) is 0 Å². The molecule has 5 aliphatic rings. The van der Waals surface area contributed by atoms with E-state index < -0.39 is 22.8 Å². The molecule has 0 aromatic heterocycles. The smallest absolute Gasteiger partial charge is 0.306 e. The van der Waals surface area contributed by atoms with Gasteiger partial charge < -0.3 is 19.7 Å². The van der Waals surface area contributed by atoms with E-state index in [2.05, 4.69) is 48.1 Å². The molecule has 0 saturated heterocycles. The van der Waals surface area contributed by atoms with E-state index >= 15 is 0 Å². The first-order valence-corrected chi connectivity index (χ1v) is 20.3. The molecule has 0 radical (unpaired) electrons. The quantitative estimate of drug-likeness (QED) is 0.150. The molecule has 5 fully saturated rings. The molecular weight excluding hydrogens is 656 g/mol. The third-order valence-corrected chi connectivity index (χ3v) is 16.5. The van der Waals surface area contributed by atoms with Gasteiger partial charge in [-0.3, -0.25) is 19.2 Å². The van der Waals surface area contributed by atoms with Gasteiger partial charge in [0, 0.05) is 10.8 Å². The van der Waals surface area contributed by atoms with Crippen LogP contribution in [-0.4, -0.2) is 46.8 Å². The molecule has 0 spiro atoms. The zero-order valence-electron chi connectivity index (χ0n) is 34.1. The van der Waals surface area contributed by atoms with E-state index in [1.54, 1.807) is 0 Å². The van der Waals surface area contributed by atoms with Crippen molar-refractivity contribution in [1.29, 1.82) is 0 Å². The maximum atomic E-state index is 13.2. The number of esters is 2. The summed E-state index contributed by atoms with van der Waals surface area (Å²) in [5.41, 5.74) is 0.0586. The van der Waals surface area contributed by atoms with Gasteiger partial charge in [-0.2, -0.15) is 0 Å². The second-order valence-electron chi connectivity index (χ2n) is 21.4. The zero-order chi connectivity index (χ0) is 38.9. The number of hydrogen-bond donors (Lipinski definition) is 2. The van der Waals surface area contributed by atoms with Gasteiger partial charge in [-0.15, -0.1) is 0 Å². The Morgan fingerprint density at radius 3 is 1.87 bits per heavy atom. The molecule has 8 heteroatoms. The van der Waals surface area contributed by atoms with Crippen LogP contribution in [0.25, 0.3) is 0 Å². The standard InChI is InChI=1S/C44H70O8/c1-27(2)28-14-19-44(26-51-35(49)24-38(3,4)22-33(45)46)21-20-42(10)29(37(28)44)12-13-31-41(9)17-16-32(40(7,8)30(41)15-18-43(31,42)11)52-36(50)25-39(5,6)23-34(47)48/h28-32,37H,1,12-26H2,2-11H3,(H,45,46)(H,47,48)/t28-,29+,30-,31+,32+,37+,41-,42+,43+,44+/m0/s1. The summed E-state index contributed by atoms with van der Waals surface area (Å²) in [6.45, 7) is 26.8. The van der Waals surface area contributed by atoms with Crippen LogP contribution in [0.1, 0.15) is 159 Å². The highest BCUT2D eigenvalue weighted by molar-refractivity contribution is 5.74. The van der Waals surface area contributed by atoms with E-state index in [1.165, 1.54) is 12.0 Å². The van der Waals surface area contributed by atoms with E-state index in [-0.39, 0.29) is 70.8 Å². The summed E-state index contributed by atoms with van der Waals surface area (Å²) in [5, 5.41) is 18.7. The molecule has 0 unspecified atom stereocenters. The molecule has 0 bridgehead atoms. The minimum atomic E-state index is -0.899. The molecule has 5 saturated carbocycles. The van der Waals surface area contributed by atoms with Gasteiger partial charge in [0.2, 0.25) is 0 Å². The summed E-state index contributed by atoms with van der Waals surface area (Å²) in [6.07, 6.45) is 10.6. The van der Waals surface area contributed by atoms with Gasteiger partial charge >= 0.3 is 23.9 Å². The van der Waals surface area contributed by atoms with Crippen molar-refractivity contribution in [3.63, 3.8) is 0 Å². The van der Waals surface area contributed by atoms with Crippen LogP contribution >= 0.6 is 0 Å². The van der Waals surface area contributed by atoms with E-state index in [9.17, 15) is 29.4 Å². The summed E-state index contributed by atoms with van der Waals surface area (Å²) in [4.78, 5) is 49.2. The van der Waals surface area contributed by atoms with Crippen LogP contribution in [0.15, 0.2) is 12.2 Å². The minimum Gasteiger partial charge on any atom is -0.481 e. The van der Waals surface area contributed by atoms with Gasteiger partial charge in [0.1, 0.15) is 6.10 Å². The van der Waals surface area contributed by atoms with Crippen LogP contribution in [0.3, 0.4) is 0 Å². The fraction of sp³-hybridized carbons (Fsp3) is 0.864. The Hall–Kier alpha value is -2.38. The second kappa shape index (κ2) is 13.7. The number of carbonyl (C=O) groups excluding carboxylic acids is 2. The predicted molar refractivity (Wildman–Crippen MR) is 201 cm³/mol. The van der Waals surface area contributed by atoms with Crippen LogP contribution in [-0.2, 0) is 28.7 Å². The van der Waals surface area contributed by atoms with Crippen molar-refractivity contribution in [2.45, 2.75) is 165 Å². The van der Waals surface area contributed by atoms with E-state index in [4.69, 9.17) is 9.47 Å². The number of carboxylic acids is 2. The summed E-state index contributed by atoms with van der Waals surface area (Å²) < 4.78 is 12.4. The van der Waals surface area contributed by atoms with Crippen LogP contribution in [0.2, 0.25) is 0 Å². The second-order valence-corrected chi connectivity index (χ2v) is 21.4. The lowest BCUT2D eigenvalue weighted by molar-refractivity contribution is -0.252. The summed E-state index contributed by atoms with van der Waals surface area (Å²) in [6, 6.07) is 0. The van der Waals surface area contributed by atoms with Crippen molar-refractivity contribution in [3.8, 4) is 0 Å². The number of carboxylic acid groups (broad SMARTS) is 2. The first-order valence-electron chi connectivity index (χ1n) is 20.3. The van der Waals surface area contributed by atoms with Gasteiger partial charge in [-0.1, -0.05) is 74.5 Å². The molecule has 0 aromatic rings. The molecule has 5 aliphatic carbocycles. The molecule has 8 nitrogen and oxygen atoms in total. The van der Waals surface area contributed by atoms with Crippen molar-refractivity contribution in [2.75, 3.05) is 6.61 Å². The van der Waals surface area contributed by atoms with Crippen molar-refractivity contribution >= 4 is 23.9 Å². The van der Waals surface area contributed by atoms with Crippen LogP contribution in [0.5, 0.6) is 0 Å². The maximum absolute atomic E-state index is 13.2. The Kier molecular flexibility index (Phi) is 10.8. The topological polar surface area (TPSA) is 127 Å². The number of ether oxygens (including phenoxy) is 2. The summed E-state index contributed by atoms with van der Waals surface area (Å²) in [7, 11) is 0. The lowest BCUT2D eigenvalue weighted by Gasteiger charge is -2.73. The van der Waals surface area contributed by atoms with Crippen LogP contribution in [0, 0.1) is 67.5 Å². The molecule has 52 heavy (non-hydrogen) atoms. The molecule has 294 valence electrons. The molecular formula is C44H70O8. The third kappa shape index (κ3) is 7.11. The molecule has 10 atom stereocenters. The molecule has 0 amide bonds. The Morgan fingerprint density at radius 2 is 1.29 bits per heavy atom. The third-order valence-electron chi connectivity index (χ3n) is 16.5. The molecule has 0 aromatic carbocycles. The Bertz CT molecular complexity index is 1440. The number of rotatable bonds is 12. The summed E-state index contributed by atoms with van der Waals surface area (Å²) in [5.74, 6) is -0.0860. The highest BCUT2D eigenvalue weighted by Gasteiger charge is 2.71. The molecule has 0 aliphatic heterocycles. The highest BCUT2D eigenvalue weighted by Crippen LogP contribution is 2.77. The first kappa shape index (κ1) is 40.8. The highest BCUT2D eigenvalue weighted by atomic mass is 16.5. The average molecular weight is 727 g/mol. The van der Waals surface area contributed by atoms with Gasteiger partial charge in [-0.25, -0.2) is 0 Å². The molecule has 2 N–H and O–H groups in total. The largest absolute Gasteiger partial charge is 0.481 e. The molecule has 0 heterocycles. The fourth-order valence-electron chi connectivity index (χ4n) is 13.9. The van der Waals surface area contributed by atoms with E-state index in [0.717, 1.165) is 57.8 Å². The lowest BCUT2D eigenvalue weighted by atomic mass is 9.32. The monoisotopic (exact) mass is 727 g/mol. The number of allylic oxidation sites excluding steroid dienone is 1. The number of fused-ring (bicyclic) bond motifs is 7. The first-order chi connectivity index (χ1) is 23.8. The number of hydrogen-bond acceptors (Lipinski definition) is 6. The van der Waals surface area contributed by atoms with E-state index in [1.807, 2.05) is 27.7 Å². The Balaban J connectivity index is 1.36. The van der Waals surface area contributed by atoms with Crippen molar-refractivity contribution in [2.24, 2.45) is 67.5 Å².